The van der Waals surface area contributed by atoms with E-state index in [-0.39, 0.29) is 23.4 Å². The van der Waals surface area contributed by atoms with Crippen LogP contribution in [0.15, 0.2) is 35.6 Å². The van der Waals surface area contributed by atoms with Gasteiger partial charge in [-0.05, 0) is 31.4 Å². The van der Waals surface area contributed by atoms with Crippen molar-refractivity contribution in [1.29, 1.82) is 0 Å². The van der Waals surface area contributed by atoms with E-state index >= 15 is 0 Å². The number of rotatable bonds is 8. The molecule has 0 aromatic heterocycles. The minimum atomic E-state index is -0.570. The lowest BCUT2D eigenvalue weighted by Crippen LogP contribution is -2.34. The number of benzene rings is 1. The van der Waals surface area contributed by atoms with Gasteiger partial charge in [0.05, 0.1) is 24.3 Å². The third kappa shape index (κ3) is 4.15. The van der Waals surface area contributed by atoms with Crippen LogP contribution < -0.4 is 0 Å². The van der Waals surface area contributed by atoms with Gasteiger partial charge in [-0.1, -0.05) is 45.0 Å². The SMILES string of the molecule is CCc1ccc(C2C(C(=O)C(C)C)=C(O)C(=O)N2CCOC(C)C)cc1. The molecule has 5 nitrogen and oxygen atoms in total. The van der Waals surface area contributed by atoms with Gasteiger partial charge in [0.2, 0.25) is 0 Å². The van der Waals surface area contributed by atoms with Gasteiger partial charge < -0.3 is 14.7 Å². The molecule has 1 aromatic rings. The molecule has 1 unspecified atom stereocenters. The van der Waals surface area contributed by atoms with Crippen LogP contribution in [0.25, 0.3) is 0 Å². The van der Waals surface area contributed by atoms with Crippen molar-refractivity contribution in [3.05, 3.63) is 46.7 Å². The van der Waals surface area contributed by atoms with Crippen molar-refractivity contribution in [1.82, 2.24) is 4.90 Å². The molecule has 142 valence electrons. The normalized spacial score (nSPS) is 17.7. The molecule has 26 heavy (non-hydrogen) atoms. The third-order valence-corrected chi connectivity index (χ3v) is 4.58. The third-order valence-electron chi connectivity index (χ3n) is 4.58. The molecule has 2 rings (SSSR count). The highest BCUT2D eigenvalue weighted by Crippen LogP contribution is 2.38. The van der Waals surface area contributed by atoms with Crippen molar-refractivity contribution in [2.75, 3.05) is 13.2 Å². The first-order chi connectivity index (χ1) is 12.3. The van der Waals surface area contributed by atoms with Gasteiger partial charge in [0.15, 0.2) is 11.5 Å². The summed E-state index contributed by atoms with van der Waals surface area (Å²) >= 11 is 0. The molecule has 1 aliphatic rings. The molecule has 1 atom stereocenters. The van der Waals surface area contributed by atoms with Crippen molar-refractivity contribution in [2.45, 2.75) is 53.2 Å². The fourth-order valence-corrected chi connectivity index (χ4v) is 3.12. The summed E-state index contributed by atoms with van der Waals surface area (Å²) in [6, 6.07) is 7.28. The average Bonchev–Trinajstić information content (AvgIpc) is 2.85. The lowest BCUT2D eigenvalue weighted by molar-refractivity contribution is -0.130. The van der Waals surface area contributed by atoms with Crippen LogP contribution in [0.3, 0.4) is 0 Å². The van der Waals surface area contributed by atoms with Gasteiger partial charge in [-0.25, -0.2) is 0 Å². The molecule has 0 saturated heterocycles. The molecule has 0 fully saturated rings. The Balaban J connectivity index is 2.40. The smallest absolute Gasteiger partial charge is 0.290 e. The first-order valence-corrected chi connectivity index (χ1v) is 9.26. The van der Waals surface area contributed by atoms with E-state index in [1.165, 1.54) is 10.5 Å². The summed E-state index contributed by atoms with van der Waals surface area (Å²) in [5.74, 6) is -1.44. The first kappa shape index (κ1) is 20.2. The molecule has 0 aliphatic carbocycles. The number of aliphatic hydroxyl groups excluding tert-OH is 1. The van der Waals surface area contributed by atoms with Crippen molar-refractivity contribution < 1.29 is 19.4 Å². The van der Waals surface area contributed by atoms with Crippen molar-refractivity contribution in [3.8, 4) is 0 Å². The lowest BCUT2D eigenvalue weighted by Gasteiger charge is -2.27. The fourth-order valence-electron chi connectivity index (χ4n) is 3.12. The average molecular weight is 359 g/mol. The van der Waals surface area contributed by atoms with Gasteiger partial charge in [-0.15, -0.1) is 0 Å². The number of carbonyl (C=O) groups is 2. The van der Waals surface area contributed by atoms with Crippen LogP contribution in [-0.4, -0.2) is 41.0 Å². The monoisotopic (exact) mass is 359 g/mol. The second-order valence-corrected chi connectivity index (χ2v) is 7.20. The predicted octanol–water partition coefficient (Wildman–Crippen LogP) is 3.59. The number of Topliss-reactive ketones (excluding diaryl/α,β-unsaturated/α-hetero) is 1. The summed E-state index contributed by atoms with van der Waals surface area (Å²) in [5.41, 5.74) is 2.20. The standard InChI is InChI=1S/C21H29NO4/c1-6-15-7-9-16(10-8-15)18-17(19(23)13(2)3)20(24)21(25)22(18)11-12-26-14(4)5/h7-10,13-14,18,24H,6,11-12H2,1-5H3. The molecular weight excluding hydrogens is 330 g/mol. The highest BCUT2D eigenvalue weighted by atomic mass is 16.5. The Labute approximate surface area is 155 Å². The minimum Gasteiger partial charge on any atom is -0.503 e. The fraction of sp³-hybridized carbons (Fsp3) is 0.524. The number of hydrogen-bond acceptors (Lipinski definition) is 4. The maximum Gasteiger partial charge on any atom is 0.290 e. The highest BCUT2D eigenvalue weighted by Gasteiger charge is 2.43. The zero-order valence-electron chi connectivity index (χ0n) is 16.3. The lowest BCUT2D eigenvalue weighted by atomic mass is 9.91. The second kappa shape index (κ2) is 8.49. The Kier molecular flexibility index (Phi) is 6.59. The number of carbonyl (C=O) groups excluding carboxylic acids is 2. The Bertz CT molecular complexity index is 688. The summed E-state index contributed by atoms with van der Waals surface area (Å²) in [6.07, 6.45) is 0.961. The topological polar surface area (TPSA) is 66.8 Å². The van der Waals surface area contributed by atoms with E-state index in [9.17, 15) is 14.7 Å². The number of aryl methyl sites for hydroxylation is 1. The first-order valence-electron chi connectivity index (χ1n) is 9.26. The van der Waals surface area contributed by atoms with E-state index in [0.717, 1.165) is 12.0 Å². The van der Waals surface area contributed by atoms with Crippen LogP contribution in [0.4, 0.5) is 0 Å². The van der Waals surface area contributed by atoms with Crippen molar-refractivity contribution >= 4 is 11.7 Å². The molecule has 0 saturated carbocycles. The molecule has 0 spiro atoms. The molecule has 1 amide bonds. The summed E-state index contributed by atoms with van der Waals surface area (Å²) in [6.45, 7) is 10.1. The zero-order chi connectivity index (χ0) is 19.4. The van der Waals surface area contributed by atoms with E-state index in [2.05, 4.69) is 6.92 Å². The minimum absolute atomic E-state index is 0.0494. The van der Waals surface area contributed by atoms with Crippen LogP contribution in [-0.2, 0) is 20.7 Å². The maximum absolute atomic E-state index is 12.7. The molecule has 1 aromatic carbocycles. The summed E-state index contributed by atoms with van der Waals surface area (Å²) in [7, 11) is 0. The molecule has 1 heterocycles. The van der Waals surface area contributed by atoms with Crippen LogP contribution in [0.5, 0.6) is 0 Å². The van der Waals surface area contributed by atoms with Crippen LogP contribution in [0, 0.1) is 5.92 Å². The Morgan fingerprint density at radius 2 is 1.81 bits per heavy atom. The van der Waals surface area contributed by atoms with Gasteiger partial charge in [0, 0.05) is 12.5 Å². The summed E-state index contributed by atoms with van der Waals surface area (Å²) < 4.78 is 5.57. The Hall–Kier alpha value is -2.14. The largest absolute Gasteiger partial charge is 0.503 e. The number of ether oxygens (including phenoxy) is 1. The molecule has 1 N–H and O–H groups in total. The zero-order valence-corrected chi connectivity index (χ0v) is 16.3. The Morgan fingerprint density at radius 1 is 1.19 bits per heavy atom. The highest BCUT2D eigenvalue weighted by molar-refractivity contribution is 6.09. The van der Waals surface area contributed by atoms with Crippen molar-refractivity contribution in [2.24, 2.45) is 5.92 Å². The maximum atomic E-state index is 12.7. The summed E-state index contributed by atoms with van der Waals surface area (Å²) in [5, 5.41) is 10.4. The van der Waals surface area contributed by atoms with E-state index in [0.29, 0.717) is 13.2 Å². The molecule has 0 radical (unpaired) electrons. The van der Waals surface area contributed by atoms with Gasteiger partial charge in [-0.2, -0.15) is 0 Å². The molecule has 0 bridgehead atoms. The van der Waals surface area contributed by atoms with Gasteiger partial charge >= 0.3 is 0 Å². The van der Waals surface area contributed by atoms with E-state index in [1.54, 1.807) is 13.8 Å². The number of amides is 1. The van der Waals surface area contributed by atoms with E-state index < -0.39 is 17.7 Å². The van der Waals surface area contributed by atoms with Gasteiger partial charge in [-0.3, -0.25) is 9.59 Å². The molecule has 1 aliphatic heterocycles. The predicted molar refractivity (Wildman–Crippen MR) is 101 cm³/mol. The van der Waals surface area contributed by atoms with E-state index in [1.807, 2.05) is 38.1 Å². The van der Waals surface area contributed by atoms with Crippen LogP contribution in [0.2, 0.25) is 0 Å². The molecule has 5 heteroatoms. The number of hydrogen-bond donors (Lipinski definition) is 1. The number of aliphatic hydroxyl groups is 1. The van der Waals surface area contributed by atoms with Gasteiger partial charge in [0.25, 0.3) is 5.91 Å². The summed E-state index contributed by atoms with van der Waals surface area (Å²) in [4.78, 5) is 26.9. The van der Waals surface area contributed by atoms with Crippen LogP contribution in [0.1, 0.15) is 51.8 Å². The Morgan fingerprint density at radius 3 is 2.31 bits per heavy atom. The van der Waals surface area contributed by atoms with E-state index in [4.69, 9.17) is 4.74 Å². The van der Waals surface area contributed by atoms with Crippen LogP contribution >= 0.6 is 0 Å². The molecular formula is C21H29NO4. The quantitative estimate of drug-likeness (QED) is 0.770. The number of nitrogens with zero attached hydrogens (tertiary/aromatic N) is 1. The van der Waals surface area contributed by atoms with Crippen molar-refractivity contribution in [3.63, 3.8) is 0 Å². The number of ketones is 1. The van der Waals surface area contributed by atoms with Gasteiger partial charge in [0.1, 0.15) is 0 Å². The second-order valence-electron chi connectivity index (χ2n) is 7.20.